The Hall–Kier alpha value is -0.170. The third-order valence-corrected chi connectivity index (χ3v) is 5.78. The van der Waals surface area contributed by atoms with Crippen molar-refractivity contribution in [2.75, 3.05) is 20.2 Å². The largest absolute Gasteiger partial charge is 0.396 e. The Morgan fingerprint density at radius 2 is 1.85 bits per heavy atom. The normalized spacial score (nSPS) is 18.6. The number of nitrogens with zero attached hydrogens (tertiary/aromatic N) is 1. The van der Waals surface area contributed by atoms with Crippen LogP contribution in [0, 0.1) is 5.41 Å². The highest BCUT2D eigenvalue weighted by atomic mass is 32.2. The third kappa shape index (κ3) is 5.68. The van der Waals surface area contributed by atoms with E-state index in [0.717, 1.165) is 32.1 Å². The SMILES string of the molecule is CN(C1CCCCC1)S(=O)(=O)NCC(C)(C)CCCO. The summed E-state index contributed by atoms with van der Waals surface area (Å²) >= 11 is 0. The lowest BCUT2D eigenvalue weighted by Crippen LogP contribution is -2.47. The Balaban J connectivity index is 2.51. The molecule has 0 aliphatic heterocycles. The van der Waals surface area contributed by atoms with Crippen LogP contribution in [-0.4, -0.2) is 44.1 Å². The molecular formula is C14H30N2O3S. The second-order valence-electron chi connectivity index (χ2n) is 6.63. The predicted molar refractivity (Wildman–Crippen MR) is 81.7 cm³/mol. The van der Waals surface area contributed by atoms with Crippen molar-refractivity contribution in [3.05, 3.63) is 0 Å². The van der Waals surface area contributed by atoms with Gasteiger partial charge in [-0.05, 0) is 31.1 Å². The zero-order valence-electron chi connectivity index (χ0n) is 13.1. The summed E-state index contributed by atoms with van der Waals surface area (Å²) < 4.78 is 28.9. The zero-order valence-corrected chi connectivity index (χ0v) is 13.9. The quantitative estimate of drug-likeness (QED) is 0.719. The highest BCUT2D eigenvalue weighted by Gasteiger charge is 2.29. The van der Waals surface area contributed by atoms with E-state index in [2.05, 4.69) is 4.72 Å². The van der Waals surface area contributed by atoms with Crippen LogP contribution in [0.3, 0.4) is 0 Å². The van der Waals surface area contributed by atoms with Crippen molar-refractivity contribution in [2.24, 2.45) is 5.41 Å². The van der Waals surface area contributed by atoms with E-state index in [1.54, 1.807) is 7.05 Å². The molecule has 0 aromatic carbocycles. The lowest BCUT2D eigenvalue weighted by Gasteiger charge is -2.32. The zero-order chi connectivity index (χ0) is 15.2. The Labute approximate surface area is 123 Å². The molecule has 0 saturated heterocycles. The molecule has 1 rings (SSSR count). The fraction of sp³-hybridized carbons (Fsp3) is 1.00. The molecule has 5 nitrogen and oxygen atoms in total. The van der Waals surface area contributed by atoms with Gasteiger partial charge in [0.05, 0.1) is 0 Å². The Morgan fingerprint density at radius 1 is 1.25 bits per heavy atom. The molecule has 0 heterocycles. The molecule has 6 heteroatoms. The van der Waals surface area contributed by atoms with Gasteiger partial charge in [0.25, 0.3) is 10.2 Å². The van der Waals surface area contributed by atoms with Crippen molar-refractivity contribution >= 4 is 10.2 Å². The molecule has 2 N–H and O–H groups in total. The second kappa shape index (κ2) is 7.73. The van der Waals surface area contributed by atoms with Crippen molar-refractivity contribution in [2.45, 2.75) is 64.8 Å². The van der Waals surface area contributed by atoms with Gasteiger partial charge >= 0.3 is 0 Å². The molecule has 0 spiro atoms. The summed E-state index contributed by atoms with van der Waals surface area (Å²) in [6.45, 7) is 4.60. The third-order valence-electron chi connectivity index (χ3n) is 4.21. The fourth-order valence-electron chi connectivity index (χ4n) is 2.68. The first kappa shape index (κ1) is 17.9. The number of aliphatic hydroxyl groups is 1. The maximum absolute atomic E-state index is 12.3. The van der Waals surface area contributed by atoms with E-state index in [1.165, 1.54) is 10.7 Å². The molecule has 1 aliphatic carbocycles. The Morgan fingerprint density at radius 3 is 2.40 bits per heavy atom. The number of rotatable bonds is 8. The van der Waals surface area contributed by atoms with Crippen molar-refractivity contribution < 1.29 is 13.5 Å². The summed E-state index contributed by atoms with van der Waals surface area (Å²) in [5.74, 6) is 0. The minimum absolute atomic E-state index is 0.136. The van der Waals surface area contributed by atoms with E-state index in [4.69, 9.17) is 5.11 Å². The average molecular weight is 306 g/mol. The van der Waals surface area contributed by atoms with E-state index >= 15 is 0 Å². The minimum Gasteiger partial charge on any atom is -0.396 e. The van der Waals surface area contributed by atoms with Crippen LogP contribution in [0.25, 0.3) is 0 Å². The highest BCUT2D eigenvalue weighted by molar-refractivity contribution is 7.87. The van der Waals surface area contributed by atoms with Gasteiger partial charge in [0.1, 0.15) is 0 Å². The van der Waals surface area contributed by atoms with Crippen LogP contribution < -0.4 is 4.72 Å². The molecule has 0 bridgehead atoms. The van der Waals surface area contributed by atoms with Crippen LogP contribution in [0.15, 0.2) is 0 Å². The van der Waals surface area contributed by atoms with E-state index in [0.29, 0.717) is 13.0 Å². The molecule has 0 radical (unpaired) electrons. The van der Waals surface area contributed by atoms with Gasteiger partial charge in [-0.1, -0.05) is 33.1 Å². The number of aliphatic hydroxyl groups excluding tert-OH is 1. The van der Waals surface area contributed by atoms with E-state index < -0.39 is 10.2 Å². The van der Waals surface area contributed by atoms with E-state index in [-0.39, 0.29) is 18.1 Å². The van der Waals surface area contributed by atoms with Crippen LogP contribution in [0.4, 0.5) is 0 Å². The first-order valence-corrected chi connectivity index (χ1v) is 9.06. The minimum atomic E-state index is -3.40. The fourth-order valence-corrected chi connectivity index (χ4v) is 4.06. The van der Waals surface area contributed by atoms with E-state index in [9.17, 15) is 8.42 Å². The highest BCUT2D eigenvalue weighted by Crippen LogP contribution is 2.24. The molecule has 0 atom stereocenters. The van der Waals surface area contributed by atoms with Crippen molar-refractivity contribution in [3.63, 3.8) is 0 Å². The molecule has 1 saturated carbocycles. The summed E-state index contributed by atoms with van der Waals surface area (Å²) in [6, 6.07) is 0.141. The van der Waals surface area contributed by atoms with Gasteiger partial charge in [-0.3, -0.25) is 0 Å². The molecule has 120 valence electrons. The number of nitrogens with one attached hydrogen (secondary N) is 1. The molecule has 0 aromatic rings. The van der Waals surface area contributed by atoms with Crippen LogP contribution in [0.5, 0.6) is 0 Å². The summed E-state index contributed by atoms with van der Waals surface area (Å²) in [6.07, 6.45) is 6.88. The molecule has 1 aliphatic rings. The van der Waals surface area contributed by atoms with Gasteiger partial charge in [0, 0.05) is 26.2 Å². The summed E-state index contributed by atoms with van der Waals surface area (Å²) in [5, 5.41) is 8.87. The van der Waals surface area contributed by atoms with Crippen LogP contribution in [0.1, 0.15) is 58.8 Å². The van der Waals surface area contributed by atoms with Crippen molar-refractivity contribution in [1.29, 1.82) is 0 Å². The van der Waals surface area contributed by atoms with Crippen LogP contribution in [-0.2, 0) is 10.2 Å². The topological polar surface area (TPSA) is 69.6 Å². The van der Waals surface area contributed by atoms with Gasteiger partial charge in [-0.2, -0.15) is 12.7 Å². The van der Waals surface area contributed by atoms with Gasteiger partial charge < -0.3 is 5.11 Å². The first-order chi connectivity index (χ1) is 9.28. The number of hydrogen-bond acceptors (Lipinski definition) is 3. The first-order valence-electron chi connectivity index (χ1n) is 7.62. The standard InChI is InChI=1S/C14H30N2O3S/c1-14(2,10-7-11-17)12-15-20(18,19)16(3)13-8-5-4-6-9-13/h13,15,17H,4-12H2,1-3H3. The van der Waals surface area contributed by atoms with Crippen LogP contribution >= 0.6 is 0 Å². The predicted octanol–water partition coefficient (Wildman–Crippen LogP) is 1.88. The van der Waals surface area contributed by atoms with Gasteiger partial charge in [-0.25, -0.2) is 4.72 Å². The molecular weight excluding hydrogens is 276 g/mol. The monoisotopic (exact) mass is 306 g/mol. The summed E-state index contributed by atoms with van der Waals surface area (Å²) in [4.78, 5) is 0. The molecule has 0 unspecified atom stereocenters. The average Bonchev–Trinajstić information content (AvgIpc) is 2.43. The van der Waals surface area contributed by atoms with Crippen LogP contribution in [0.2, 0.25) is 0 Å². The van der Waals surface area contributed by atoms with Crippen molar-refractivity contribution in [1.82, 2.24) is 9.03 Å². The van der Waals surface area contributed by atoms with Gasteiger partial charge in [-0.15, -0.1) is 0 Å². The smallest absolute Gasteiger partial charge is 0.279 e. The lowest BCUT2D eigenvalue weighted by atomic mass is 9.88. The maximum Gasteiger partial charge on any atom is 0.279 e. The summed E-state index contributed by atoms with van der Waals surface area (Å²) in [5.41, 5.74) is -0.136. The second-order valence-corrected chi connectivity index (χ2v) is 8.44. The summed E-state index contributed by atoms with van der Waals surface area (Å²) in [7, 11) is -1.72. The number of hydrogen-bond donors (Lipinski definition) is 2. The Kier molecular flexibility index (Phi) is 6.91. The molecule has 0 aromatic heterocycles. The molecule has 1 fully saturated rings. The van der Waals surface area contributed by atoms with Gasteiger partial charge in [0.15, 0.2) is 0 Å². The van der Waals surface area contributed by atoms with E-state index in [1.807, 2.05) is 13.8 Å². The molecule has 0 amide bonds. The molecule has 20 heavy (non-hydrogen) atoms. The maximum atomic E-state index is 12.3. The Bertz CT molecular complexity index is 376. The van der Waals surface area contributed by atoms with Gasteiger partial charge in [0.2, 0.25) is 0 Å². The van der Waals surface area contributed by atoms with Crippen molar-refractivity contribution in [3.8, 4) is 0 Å². The lowest BCUT2D eigenvalue weighted by molar-refractivity contribution is 0.239.